The van der Waals surface area contributed by atoms with Crippen molar-refractivity contribution in [2.24, 2.45) is 0 Å². The molecule has 1 amide bonds. The lowest BCUT2D eigenvalue weighted by atomic mass is 10.0. The zero-order valence-electron chi connectivity index (χ0n) is 18.2. The third-order valence-electron chi connectivity index (χ3n) is 5.65. The van der Waals surface area contributed by atoms with E-state index in [4.69, 9.17) is 9.72 Å². The maximum atomic E-state index is 12.6. The second kappa shape index (κ2) is 7.48. The average molecular weight is 397 g/mol. The number of nitrogens with zero attached hydrogens (tertiary/aromatic N) is 3. The average Bonchev–Trinajstić information content (AvgIpc) is 2.92. The van der Waals surface area contributed by atoms with Crippen LogP contribution in [-0.2, 0) is 17.7 Å². The standard InChI is InChI=1S/C23H32N4O2/c1-15(2)16-6-8-17(9-7-16)21-25-18-10-12-26(22(28)29-23(3,4)5)14-19-20(18)27(21)13-11-24-19/h6-9,15,19,24H,10-14H2,1-5H3/t19-/m1/s1. The van der Waals surface area contributed by atoms with Gasteiger partial charge in [-0.05, 0) is 32.3 Å². The monoisotopic (exact) mass is 396 g/mol. The molecule has 2 aliphatic rings. The molecule has 156 valence electrons. The summed E-state index contributed by atoms with van der Waals surface area (Å²) in [5, 5.41) is 3.58. The smallest absolute Gasteiger partial charge is 0.410 e. The summed E-state index contributed by atoms with van der Waals surface area (Å²) in [6.45, 7) is 13.1. The quantitative estimate of drug-likeness (QED) is 0.830. The first-order valence-electron chi connectivity index (χ1n) is 10.6. The molecule has 0 radical (unpaired) electrons. The van der Waals surface area contributed by atoms with Crippen LogP contribution in [0.15, 0.2) is 24.3 Å². The van der Waals surface area contributed by atoms with Gasteiger partial charge in [0.25, 0.3) is 0 Å². The number of hydrogen-bond acceptors (Lipinski definition) is 4. The van der Waals surface area contributed by atoms with E-state index < -0.39 is 5.60 Å². The molecule has 0 bridgehead atoms. The van der Waals surface area contributed by atoms with Crippen LogP contribution in [0.1, 0.15) is 63.5 Å². The van der Waals surface area contributed by atoms with Crippen molar-refractivity contribution < 1.29 is 9.53 Å². The molecule has 3 heterocycles. The highest BCUT2D eigenvalue weighted by atomic mass is 16.6. The fourth-order valence-electron chi connectivity index (χ4n) is 4.20. The van der Waals surface area contributed by atoms with Gasteiger partial charge in [0.05, 0.1) is 17.4 Å². The molecule has 2 aromatic rings. The van der Waals surface area contributed by atoms with Crippen LogP contribution in [0.3, 0.4) is 0 Å². The Bertz CT molecular complexity index is 893. The van der Waals surface area contributed by atoms with Gasteiger partial charge in [0, 0.05) is 38.2 Å². The molecule has 0 aliphatic carbocycles. The van der Waals surface area contributed by atoms with Gasteiger partial charge in [-0.15, -0.1) is 0 Å². The third kappa shape index (κ3) is 4.04. The summed E-state index contributed by atoms with van der Waals surface area (Å²) in [6, 6.07) is 8.87. The number of carbonyl (C=O) groups excluding carboxylic acids is 1. The van der Waals surface area contributed by atoms with Crippen molar-refractivity contribution in [3.05, 3.63) is 41.2 Å². The van der Waals surface area contributed by atoms with E-state index in [0.717, 1.165) is 36.6 Å². The number of benzene rings is 1. The Morgan fingerprint density at radius 3 is 2.59 bits per heavy atom. The maximum Gasteiger partial charge on any atom is 0.410 e. The lowest BCUT2D eigenvalue weighted by Crippen LogP contribution is -2.44. The number of amides is 1. The summed E-state index contributed by atoms with van der Waals surface area (Å²) in [5.74, 6) is 1.56. The van der Waals surface area contributed by atoms with Crippen molar-refractivity contribution in [3.63, 3.8) is 0 Å². The van der Waals surface area contributed by atoms with Gasteiger partial charge >= 0.3 is 6.09 Å². The van der Waals surface area contributed by atoms with Crippen LogP contribution in [-0.4, -0.2) is 45.8 Å². The van der Waals surface area contributed by atoms with E-state index >= 15 is 0 Å². The van der Waals surface area contributed by atoms with Crippen molar-refractivity contribution >= 4 is 6.09 Å². The lowest BCUT2D eigenvalue weighted by Gasteiger charge is -2.31. The van der Waals surface area contributed by atoms with E-state index in [9.17, 15) is 4.79 Å². The number of rotatable bonds is 2. The van der Waals surface area contributed by atoms with Crippen LogP contribution in [0.25, 0.3) is 11.4 Å². The van der Waals surface area contributed by atoms with E-state index in [2.05, 4.69) is 48.0 Å². The lowest BCUT2D eigenvalue weighted by molar-refractivity contribution is 0.0236. The van der Waals surface area contributed by atoms with Gasteiger partial charge in [-0.2, -0.15) is 0 Å². The zero-order chi connectivity index (χ0) is 20.8. The van der Waals surface area contributed by atoms with Gasteiger partial charge in [-0.3, -0.25) is 0 Å². The molecule has 1 aromatic heterocycles. The van der Waals surface area contributed by atoms with Gasteiger partial charge in [0.1, 0.15) is 11.4 Å². The summed E-state index contributed by atoms with van der Waals surface area (Å²) < 4.78 is 7.95. The summed E-state index contributed by atoms with van der Waals surface area (Å²) in [7, 11) is 0. The minimum Gasteiger partial charge on any atom is -0.444 e. The van der Waals surface area contributed by atoms with Crippen molar-refractivity contribution in [1.29, 1.82) is 0 Å². The van der Waals surface area contributed by atoms with Crippen molar-refractivity contribution in [1.82, 2.24) is 19.8 Å². The molecule has 1 N–H and O–H groups in total. The molecule has 0 saturated carbocycles. The van der Waals surface area contributed by atoms with Crippen molar-refractivity contribution in [2.45, 2.75) is 65.1 Å². The van der Waals surface area contributed by atoms with Gasteiger partial charge < -0.3 is 19.5 Å². The van der Waals surface area contributed by atoms with Gasteiger partial charge in [-0.25, -0.2) is 9.78 Å². The van der Waals surface area contributed by atoms with Crippen molar-refractivity contribution in [2.75, 3.05) is 19.6 Å². The molecule has 1 atom stereocenters. The largest absolute Gasteiger partial charge is 0.444 e. The zero-order valence-corrected chi connectivity index (χ0v) is 18.2. The van der Waals surface area contributed by atoms with Crippen LogP contribution in [0.2, 0.25) is 0 Å². The number of ether oxygens (including phenoxy) is 1. The molecule has 0 fully saturated rings. The molecule has 0 unspecified atom stereocenters. The molecule has 4 rings (SSSR count). The SMILES string of the molecule is CC(C)c1ccc(-c2nc3c4n2CCN[C@@H]4CN(C(=O)OC(C)(C)C)CC3)cc1. The number of aromatic nitrogens is 2. The second-order valence-corrected chi connectivity index (χ2v) is 9.38. The van der Waals surface area contributed by atoms with Crippen LogP contribution < -0.4 is 5.32 Å². The molecule has 29 heavy (non-hydrogen) atoms. The van der Waals surface area contributed by atoms with Gasteiger partial charge in [0.15, 0.2) is 0 Å². The minimum absolute atomic E-state index is 0.0879. The van der Waals surface area contributed by atoms with Crippen LogP contribution in [0.4, 0.5) is 4.79 Å². The first-order valence-corrected chi connectivity index (χ1v) is 10.6. The van der Waals surface area contributed by atoms with Crippen LogP contribution in [0.5, 0.6) is 0 Å². The topological polar surface area (TPSA) is 59.4 Å². The van der Waals surface area contributed by atoms with E-state index in [-0.39, 0.29) is 12.1 Å². The van der Waals surface area contributed by atoms with E-state index in [1.807, 2.05) is 25.7 Å². The van der Waals surface area contributed by atoms with E-state index in [0.29, 0.717) is 19.0 Å². The number of nitrogens with one attached hydrogen (secondary N) is 1. The van der Waals surface area contributed by atoms with Gasteiger partial charge in [-0.1, -0.05) is 38.1 Å². The van der Waals surface area contributed by atoms with Crippen molar-refractivity contribution in [3.8, 4) is 11.4 Å². The number of hydrogen-bond donors (Lipinski definition) is 1. The Labute approximate surface area is 173 Å². The fourth-order valence-corrected chi connectivity index (χ4v) is 4.20. The summed E-state index contributed by atoms with van der Waals surface area (Å²) in [5.41, 5.74) is 4.33. The highest BCUT2D eigenvalue weighted by Gasteiger charge is 2.34. The molecule has 6 nitrogen and oxygen atoms in total. The Morgan fingerprint density at radius 1 is 1.21 bits per heavy atom. The second-order valence-electron chi connectivity index (χ2n) is 9.38. The summed E-state index contributed by atoms with van der Waals surface area (Å²) >= 11 is 0. The highest BCUT2D eigenvalue weighted by Crippen LogP contribution is 2.32. The first-order chi connectivity index (χ1) is 13.7. The van der Waals surface area contributed by atoms with Crippen LogP contribution >= 0.6 is 0 Å². The number of imidazole rings is 1. The van der Waals surface area contributed by atoms with Crippen LogP contribution in [0, 0.1) is 0 Å². The Balaban J connectivity index is 1.62. The normalized spacial score (nSPS) is 19.1. The predicted molar refractivity (Wildman–Crippen MR) is 114 cm³/mol. The first kappa shape index (κ1) is 20.0. The Morgan fingerprint density at radius 2 is 1.93 bits per heavy atom. The third-order valence-corrected chi connectivity index (χ3v) is 5.65. The summed E-state index contributed by atoms with van der Waals surface area (Å²) in [4.78, 5) is 19.5. The van der Waals surface area contributed by atoms with Gasteiger partial charge in [0.2, 0.25) is 0 Å². The minimum atomic E-state index is -0.487. The fraction of sp³-hybridized carbons (Fsp3) is 0.565. The molecule has 1 aromatic carbocycles. The highest BCUT2D eigenvalue weighted by molar-refractivity contribution is 5.68. The molecule has 0 saturated heterocycles. The molecule has 2 aliphatic heterocycles. The molecule has 6 heteroatoms. The molecule has 0 spiro atoms. The maximum absolute atomic E-state index is 12.6. The number of carbonyl (C=O) groups is 1. The summed E-state index contributed by atoms with van der Waals surface area (Å²) in [6.07, 6.45) is 0.502. The Hall–Kier alpha value is -2.34. The predicted octanol–water partition coefficient (Wildman–Crippen LogP) is 4.11. The molecular formula is C23H32N4O2. The Kier molecular flexibility index (Phi) is 5.15. The van der Waals surface area contributed by atoms with E-state index in [1.165, 1.54) is 11.3 Å². The molecular weight excluding hydrogens is 364 g/mol. The van der Waals surface area contributed by atoms with E-state index in [1.54, 1.807) is 0 Å².